The molecule has 0 bridgehead atoms. The van der Waals surface area contributed by atoms with Crippen molar-refractivity contribution < 1.29 is 9.90 Å². The van der Waals surface area contributed by atoms with Crippen molar-refractivity contribution in [2.24, 2.45) is 5.73 Å². The average Bonchev–Trinajstić information content (AvgIpc) is 2.34. The number of nitrogens with zero attached hydrogens (tertiary/aromatic N) is 1. The van der Waals surface area contributed by atoms with Gasteiger partial charge in [-0.1, -0.05) is 31.5 Å². The quantitative estimate of drug-likeness (QED) is 0.749. The van der Waals surface area contributed by atoms with Crippen LogP contribution in [-0.2, 0) is 11.4 Å². The molecule has 0 heterocycles. The van der Waals surface area contributed by atoms with Crippen LogP contribution in [0.15, 0.2) is 24.3 Å². The lowest BCUT2D eigenvalue weighted by molar-refractivity contribution is -0.116. The summed E-state index contributed by atoms with van der Waals surface area (Å²) in [6.45, 7) is 3.03. The first-order valence-corrected chi connectivity index (χ1v) is 5.91. The number of carbonyl (C=O) groups is 1. The molecular formula is C13H20N2O2. The van der Waals surface area contributed by atoms with Gasteiger partial charge in [0.15, 0.2) is 0 Å². The van der Waals surface area contributed by atoms with E-state index in [-0.39, 0.29) is 19.1 Å². The van der Waals surface area contributed by atoms with E-state index in [1.807, 2.05) is 29.2 Å². The summed E-state index contributed by atoms with van der Waals surface area (Å²) in [6, 6.07) is 7.53. The third kappa shape index (κ3) is 4.07. The van der Waals surface area contributed by atoms with Gasteiger partial charge in [-0.2, -0.15) is 0 Å². The standard InChI is InChI=1S/C13H20N2O2/c1-2-3-8-15(9-13(14)17)12-7-5-4-6-11(12)10-16/h4-7,16H,2-3,8-10H2,1H3,(H2,14,17). The Morgan fingerprint density at radius 2 is 2.12 bits per heavy atom. The largest absolute Gasteiger partial charge is 0.392 e. The normalized spacial score (nSPS) is 10.2. The van der Waals surface area contributed by atoms with Gasteiger partial charge >= 0.3 is 0 Å². The first kappa shape index (κ1) is 13.5. The second-order valence-electron chi connectivity index (χ2n) is 4.03. The Bertz CT molecular complexity index is 366. The van der Waals surface area contributed by atoms with Gasteiger partial charge in [0.2, 0.25) is 5.91 Å². The van der Waals surface area contributed by atoms with Crippen LogP contribution in [0.2, 0.25) is 0 Å². The van der Waals surface area contributed by atoms with Crippen molar-refractivity contribution in [3.8, 4) is 0 Å². The smallest absolute Gasteiger partial charge is 0.236 e. The van der Waals surface area contributed by atoms with Gasteiger partial charge in [-0.15, -0.1) is 0 Å². The summed E-state index contributed by atoms with van der Waals surface area (Å²) >= 11 is 0. The molecule has 1 aromatic carbocycles. The summed E-state index contributed by atoms with van der Waals surface area (Å²) in [5.41, 5.74) is 6.97. The minimum atomic E-state index is -0.353. The van der Waals surface area contributed by atoms with E-state index in [2.05, 4.69) is 6.92 Å². The number of rotatable bonds is 7. The van der Waals surface area contributed by atoms with E-state index in [0.717, 1.165) is 30.6 Å². The fourth-order valence-corrected chi connectivity index (χ4v) is 1.77. The van der Waals surface area contributed by atoms with E-state index in [1.165, 1.54) is 0 Å². The first-order valence-electron chi connectivity index (χ1n) is 5.91. The van der Waals surface area contributed by atoms with Crippen LogP contribution in [0.4, 0.5) is 5.69 Å². The SMILES string of the molecule is CCCCN(CC(N)=O)c1ccccc1CO. The molecule has 3 N–H and O–H groups in total. The Labute approximate surface area is 102 Å². The zero-order valence-electron chi connectivity index (χ0n) is 10.2. The molecule has 4 heteroatoms. The highest BCUT2D eigenvalue weighted by molar-refractivity contribution is 5.79. The molecule has 0 saturated heterocycles. The third-order valence-corrected chi connectivity index (χ3v) is 2.63. The first-order chi connectivity index (χ1) is 8.19. The highest BCUT2D eigenvalue weighted by atomic mass is 16.3. The van der Waals surface area contributed by atoms with Gasteiger partial charge < -0.3 is 15.7 Å². The number of carbonyl (C=O) groups excluding carboxylic acids is 1. The maximum atomic E-state index is 11.1. The Hall–Kier alpha value is -1.55. The molecule has 0 aromatic heterocycles. The lowest BCUT2D eigenvalue weighted by atomic mass is 10.1. The number of aliphatic hydroxyl groups excluding tert-OH is 1. The molecule has 0 aliphatic heterocycles. The zero-order chi connectivity index (χ0) is 12.7. The van der Waals surface area contributed by atoms with Gasteiger partial charge in [0.25, 0.3) is 0 Å². The van der Waals surface area contributed by atoms with Crippen molar-refractivity contribution in [2.75, 3.05) is 18.0 Å². The molecule has 17 heavy (non-hydrogen) atoms. The van der Waals surface area contributed by atoms with Gasteiger partial charge in [0.05, 0.1) is 13.2 Å². The van der Waals surface area contributed by atoms with E-state index < -0.39 is 0 Å². The minimum absolute atomic E-state index is 0.0302. The van der Waals surface area contributed by atoms with Crippen molar-refractivity contribution in [1.82, 2.24) is 0 Å². The minimum Gasteiger partial charge on any atom is -0.392 e. The van der Waals surface area contributed by atoms with E-state index in [1.54, 1.807) is 0 Å². The maximum absolute atomic E-state index is 11.1. The lowest BCUT2D eigenvalue weighted by Crippen LogP contribution is -2.35. The third-order valence-electron chi connectivity index (χ3n) is 2.63. The second-order valence-corrected chi connectivity index (χ2v) is 4.03. The number of nitrogens with two attached hydrogens (primary N) is 1. The summed E-state index contributed by atoms with van der Waals surface area (Å²) in [5, 5.41) is 9.28. The molecule has 1 amide bonds. The van der Waals surface area contributed by atoms with Crippen molar-refractivity contribution in [3.63, 3.8) is 0 Å². The topological polar surface area (TPSA) is 66.6 Å². The number of primary amides is 1. The number of benzene rings is 1. The van der Waals surface area contributed by atoms with Crippen LogP contribution in [-0.4, -0.2) is 24.1 Å². The summed E-state index contributed by atoms with van der Waals surface area (Å²) in [6.07, 6.45) is 2.05. The van der Waals surface area contributed by atoms with Gasteiger partial charge in [-0.05, 0) is 12.5 Å². The van der Waals surface area contributed by atoms with E-state index in [4.69, 9.17) is 5.73 Å². The molecule has 0 saturated carbocycles. The summed E-state index contributed by atoms with van der Waals surface area (Å²) in [7, 11) is 0. The number of amides is 1. The molecule has 94 valence electrons. The van der Waals surface area contributed by atoms with Crippen molar-refractivity contribution in [1.29, 1.82) is 0 Å². The van der Waals surface area contributed by atoms with Gasteiger partial charge in [-0.25, -0.2) is 0 Å². The fraction of sp³-hybridized carbons (Fsp3) is 0.462. The summed E-state index contributed by atoms with van der Waals surface area (Å²) in [4.78, 5) is 13.0. The van der Waals surface area contributed by atoms with Crippen LogP contribution >= 0.6 is 0 Å². The van der Waals surface area contributed by atoms with Crippen LogP contribution in [0.5, 0.6) is 0 Å². The van der Waals surface area contributed by atoms with Crippen LogP contribution in [0.1, 0.15) is 25.3 Å². The Morgan fingerprint density at radius 1 is 1.41 bits per heavy atom. The monoisotopic (exact) mass is 236 g/mol. The van der Waals surface area contributed by atoms with Gasteiger partial charge in [-0.3, -0.25) is 4.79 Å². The molecule has 0 fully saturated rings. The lowest BCUT2D eigenvalue weighted by Gasteiger charge is -2.25. The Kier molecular flexibility index (Phi) is 5.49. The molecular weight excluding hydrogens is 216 g/mol. The number of para-hydroxylation sites is 1. The Morgan fingerprint density at radius 3 is 2.71 bits per heavy atom. The van der Waals surface area contributed by atoms with Crippen LogP contribution < -0.4 is 10.6 Å². The summed E-state index contributed by atoms with van der Waals surface area (Å²) in [5.74, 6) is -0.353. The van der Waals surface area contributed by atoms with Crippen LogP contribution in [0.25, 0.3) is 0 Å². The molecule has 0 aliphatic rings. The number of anilines is 1. The molecule has 4 nitrogen and oxygen atoms in total. The fourth-order valence-electron chi connectivity index (χ4n) is 1.77. The van der Waals surface area contributed by atoms with Gasteiger partial charge in [0, 0.05) is 17.8 Å². The van der Waals surface area contributed by atoms with Crippen molar-refractivity contribution in [2.45, 2.75) is 26.4 Å². The predicted molar refractivity (Wildman–Crippen MR) is 68.7 cm³/mol. The zero-order valence-corrected chi connectivity index (χ0v) is 10.2. The van der Waals surface area contributed by atoms with Crippen molar-refractivity contribution in [3.05, 3.63) is 29.8 Å². The van der Waals surface area contributed by atoms with Crippen LogP contribution in [0.3, 0.4) is 0 Å². The molecule has 0 atom stereocenters. The molecule has 0 unspecified atom stereocenters. The van der Waals surface area contributed by atoms with Crippen molar-refractivity contribution >= 4 is 11.6 Å². The van der Waals surface area contributed by atoms with E-state index in [0.29, 0.717) is 0 Å². The Balaban J connectivity index is 2.90. The number of hydrogen-bond acceptors (Lipinski definition) is 3. The highest BCUT2D eigenvalue weighted by Crippen LogP contribution is 2.20. The second kappa shape index (κ2) is 6.91. The summed E-state index contributed by atoms with van der Waals surface area (Å²) < 4.78 is 0. The van der Waals surface area contributed by atoms with E-state index >= 15 is 0 Å². The highest BCUT2D eigenvalue weighted by Gasteiger charge is 2.12. The predicted octanol–water partition coefficient (Wildman–Crippen LogP) is 1.27. The number of aliphatic hydroxyl groups is 1. The number of hydrogen-bond donors (Lipinski definition) is 2. The molecule has 1 rings (SSSR count). The van der Waals surface area contributed by atoms with Gasteiger partial charge in [0.1, 0.15) is 0 Å². The average molecular weight is 236 g/mol. The molecule has 0 radical (unpaired) electrons. The van der Waals surface area contributed by atoms with E-state index in [9.17, 15) is 9.90 Å². The molecule has 1 aromatic rings. The molecule has 0 aliphatic carbocycles. The number of unbranched alkanes of at least 4 members (excludes halogenated alkanes) is 1. The van der Waals surface area contributed by atoms with Crippen LogP contribution in [0, 0.1) is 0 Å². The maximum Gasteiger partial charge on any atom is 0.236 e. The molecule has 0 spiro atoms.